The van der Waals surface area contributed by atoms with E-state index in [0.29, 0.717) is 0 Å². The molecule has 2 nitrogen and oxygen atoms in total. The van der Waals surface area contributed by atoms with Crippen molar-refractivity contribution in [1.29, 1.82) is 0 Å². The van der Waals surface area contributed by atoms with E-state index >= 15 is 0 Å². The van der Waals surface area contributed by atoms with Crippen molar-refractivity contribution < 1.29 is 4.74 Å². The van der Waals surface area contributed by atoms with Crippen molar-refractivity contribution in [2.45, 2.75) is 26.7 Å². The van der Waals surface area contributed by atoms with Gasteiger partial charge in [0.05, 0.1) is 6.61 Å². The Kier molecular flexibility index (Phi) is 5.48. The van der Waals surface area contributed by atoms with Crippen molar-refractivity contribution in [3.8, 4) is 5.75 Å². The highest BCUT2D eigenvalue weighted by atomic mass is 16.5. The third kappa shape index (κ3) is 4.02. The second kappa shape index (κ2) is 7.59. The summed E-state index contributed by atoms with van der Waals surface area (Å²) in [7, 11) is 0. The van der Waals surface area contributed by atoms with Crippen LogP contribution in [0.2, 0.25) is 0 Å². The lowest BCUT2D eigenvalue weighted by Crippen LogP contribution is -2.09. The molecule has 0 unspecified atom stereocenters. The number of hydrogen-bond donors (Lipinski definition) is 1. The van der Waals surface area contributed by atoms with Gasteiger partial charge in [0.25, 0.3) is 0 Å². The van der Waals surface area contributed by atoms with E-state index in [1.807, 2.05) is 30.3 Å². The summed E-state index contributed by atoms with van der Waals surface area (Å²) in [6.45, 7) is 6.02. The molecule has 0 saturated carbocycles. The molecular formula is C18H23NO. The van der Waals surface area contributed by atoms with Crippen LogP contribution in [-0.2, 0) is 6.42 Å². The predicted octanol–water partition coefficient (Wildman–Crippen LogP) is 4.44. The average molecular weight is 269 g/mol. The fourth-order valence-electron chi connectivity index (χ4n) is 2.27. The fraction of sp³-hybridized carbons (Fsp3) is 0.333. The van der Waals surface area contributed by atoms with E-state index in [1.165, 1.54) is 16.8 Å². The van der Waals surface area contributed by atoms with E-state index in [0.717, 1.165) is 31.7 Å². The van der Waals surface area contributed by atoms with Crippen molar-refractivity contribution in [2.24, 2.45) is 0 Å². The first kappa shape index (κ1) is 14.4. The first-order chi connectivity index (χ1) is 9.81. The number of rotatable bonds is 7. The molecule has 0 amide bonds. The average Bonchev–Trinajstić information content (AvgIpc) is 2.49. The Bertz CT molecular complexity index is 522. The highest BCUT2D eigenvalue weighted by Gasteiger charge is 2.02. The summed E-state index contributed by atoms with van der Waals surface area (Å²) in [5.41, 5.74) is 3.98. The SMILES string of the molecule is CCc1cccc(C)c1NCCCOc1ccccc1. The minimum atomic E-state index is 0.740. The van der Waals surface area contributed by atoms with Crippen LogP contribution in [0.15, 0.2) is 48.5 Å². The van der Waals surface area contributed by atoms with Crippen LogP contribution in [-0.4, -0.2) is 13.2 Å². The van der Waals surface area contributed by atoms with Gasteiger partial charge in [-0.05, 0) is 43.0 Å². The molecule has 0 saturated heterocycles. The van der Waals surface area contributed by atoms with E-state index in [9.17, 15) is 0 Å². The zero-order chi connectivity index (χ0) is 14.2. The Morgan fingerprint density at radius 3 is 2.55 bits per heavy atom. The van der Waals surface area contributed by atoms with Gasteiger partial charge in [-0.1, -0.05) is 43.3 Å². The Morgan fingerprint density at radius 2 is 1.80 bits per heavy atom. The summed E-state index contributed by atoms with van der Waals surface area (Å²) in [6, 6.07) is 16.4. The third-order valence-electron chi connectivity index (χ3n) is 3.37. The Labute approximate surface area is 121 Å². The molecule has 0 radical (unpaired) electrons. The molecule has 0 aliphatic carbocycles. The minimum Gasteiger partial charge on any atom is -0.494 e. The molecule has 106 valence electrons. The van der Waals surface area contributed by atoms with Gasteiger partial charge in [-0.25, -0.2) is 0 Å². The van der Waals surface area contributed by atoms with E-state index in [1.54, 1.807) is 0 Å². The number of para-hydroxylation sites is 2. The Morgan fingerprint density at radius 1 is 1.00 bits per heavy atom. The van der Waals surface area contributed by atoms with E-state index in [4.69, 9.17) is 4.74 Å². The lowest BCUT2D eigenvalue weighted by molar-refractivity contribution is 0.315. The molecule has 0 aliphatic heterocycles. The van der Waals surface area contributed by atoms with Gasteiger partial charge in [0.1, 0.15) is 5.75 Å². The highest BCUT2D eigenvalue weighted by Crippen LogP contribution is 2.20. The van der Waals surface area contributed by atoms with E-state index in [2.05, 4.69) is 37.4 Å². The van der Waals surface area contributed by atoms with Crippen LogP contribution < -0.4 is 10.1 Å². The van der Waals surface area contributed by atoms with Crippen LogP contribution in [0, 0.1) is 6.92 Å². The van der Waals surface area contributed by atoms with Crippen LogP contribution in [0.1, 0.15) is 24.5 Å². The summed E-state index contributed by atoms with van der Waals surface area (Å²) in [4.78, 5) is 0. The molecule has 0 aliphatic rings. The van der Waals surface area contributed by atoms with Crippen molar-refractivity contribution in [1.82, 2.24) is 0 Å². The monoisotopic (exact) mass is 269 g/mol. The number of anilines is 1. The molecule has 1 N–H and O–H groups in total. The molecule has 0 spiro atoms. The number of ether oxygens (including phenoxy) is 1. The maximum absolute atomic E-state index is 5.69. The van der Waals surface area contributed by atoms with Gasteiger partial charge in [0, 0.05) is 12.2 Å². The van der Waals surface area contributed by atoms with Crippen LogP contribution in [0.5, 0.6) is 5.75 Å². The minimum absolute atomic E-state index is 0.740. The normalized spacial score (nSPS) is 10.3. The lowest BCUT2D eigenvalue weighted by atomic mass is 10.1. The second-order valence-electron chi connectivity index (χ2n) is 4.90. The number of hydrogen-bond acceptors (Lipinski definition) is 2. The first-order valence-electron chi connectivity index (χ1n) is 7.31. The highest BCUT2D eigenvalue weighted by molar-refractivity contribution is 5.57. The quantitative estimate of drug-likeness (QED) is 0.750. The standard InChI is InChI=1S/C18H23NO/c1-3-16-10-7-9-15(2)18(16)19-13-8-14-20-17-11-5-4-6-12-17/h4-7,9-12,19H,3,8,13-14H2,1-2H3. The Hall–Kier alpha value is -1.96. The van der Waals surface area contributed by atoms with Crippen LogP contribution in [0.3, 0.4) is 0 Å². The van der Waals surface area contributed by atoms with Crippen molar-refractivity contribution in [2.75, 3.05) is 18.5 Å². The van der Waals surface area contributed by atoms with Gasteiger partial charge in [-0.3, -0.25) is 0 Å². The summed E-state index contributed by atoms with van der Waals surface area (Å²) in [5.74, 6) is 0.942. The summed E-state index contributed by atoms with van der Waals surface area (Å²) >= 11 is 0. The van der Waals surface area contributed by atoms with Crippen LogP contribution in [0.4, 0.5) is 5.69 Å². The third-order valence-corrected chi connectivity index (χ3v) is 3.37. The van der Waals surface area contributed by atoms with E-state index in [-0.39, 0.29) is 0 Å². The fourth-order valence-corrected chi connectivity index (χ4v) is 2.27. The molecule has 2 aromatic rings. The van der Waals surface area contributed by atoms with Gasteiger partial charge >= 0.3 is 0 Å². The van der Waals surface area contributed by atoms with Crippen LogP contribution >= 0.6 is 0 Å². The Balaban J connectivity index is 1.76. The summed E-state index contributed by atoms with van der Waals surface area (Å²) < 4.78 is 5.69. The molecule has 0 fully saturated rings. The molecule has 0 heterocycles. The zero-order valence-corrected chi connectivity index (χ0v) is 12.4. The van der Waals surface area contributed by atoms with Gasteiger partial charge in [-0.2, -0.15) is 0 Å². The summed E-state index contributed by atoms with van der Waals surface area (Å²) in [6.07, 6.45) is 2.05. The molecular weight excluding hydrogens is 246 g/mol. The first-order valence-corrected chi connectivity index (χ1v) is 7.31. The van der Waals surface area contributed by atoms with E-state index < -0.39 is 0 Å². The zero-order valence-electron chi connectivity index (χ0n) is 12.4. The van der Waals surface area contributed by atoms with Gasteiger partial charge in [0.2, 0.25) is 0 Å². The second-order valence-corrected chi connectivity index (χ2v) is 4.90. The lowest BCUT2D eigenvalue weighted by Gasteiger charge is -2.14. The molecule has 0 bridgehead atoms. The molecule has 0 atom stereocenters. The van der Waals surface area contributed by atoms with Crippen molar-refractivity contribution in [3.05, 3.63) is 59.7 Å². The van der Waals surface area contributed by atoms with Crippen molar-refractivity contribution >= 4 is 5.69 Å². The van der Waals surface area contributed by atoms with Crippen molar-refractivity contribution in [3.63, 3.8) is 0 Å². The van der Waals surface area contributed by atoms with Crippen LogP contribution in [0.25, 0.3) is 0 Å². The number of benzene rings is 2. The smallest absolute Gasteiger partial charge is 0.119 e. The number of nitrogens with one attached hydrogen (secondary N) is 1. The predicted molar refractivity (Wildman–Crippen MR) is 85.6 cm³/mol. The maximum atomic E-state index is 5.69. The van der Waals surface area contributed by atoms with Gasteiger partial charge in [0.15, 0.2) is 0 Å². The largest absolute Gasteiger partial charge is 0.494 e. The molecule has 0 aromatic heterocycles. The molecule has 2 aromatic carbocycles. The summed E-state index contributed by atoms with van der Waals surface area (Å²) in [5, 5.41) is 3.54. The maximum Gasteiger partial charge on any atom is 0.119 e. The van der Waals surface area contributed by atoms with Gasteiger partial charge < -0.3 is 10.1 Å². The molecule has 2 heteroatoms. The number of aryl methyl sites for hydroxylation is 2. The molecule has 20 heavy (non-hydrogen) atoms. The topological polar surface area (TPSA) is 21.3 Å². The van der Waals surface area contributed by atoms with Gasteiger partial charge in [-0.15, -0.1) is 0 Å². The molecule has 2 rings (SSSR count).